The summed E-state index contributed by atoms with van der Waals surface area (Å²) in [6.45, 7) is 6.98. The molecule has 2 fully saturated rings. The molecule has 1 spiro atoms. The van der Waals surface area contributed by atoms with Gasteiger partial charge in [0.2, 0.25) is 0 Å². The van der Waals surface area contributed by atoms with Crippen LogP contribution in [0, 0.1) is 5.41 Å². The highest BCUT2D eigenvalue weighted by molar-refractivity contribution is 4.90. The van der Waals surface area contributed by atoms with Crippen molar-refractivity contribution in [3.63, 3.8) is 0 Å². The van der Waals surface area contributed by atoms with Crippen LogP contribution in [0.4, 0.5) is 0 Å². The van der Waals surface area contributed by atoms with Crippen molar-refractivity contribution in [2.75, 3.05) is 13.1 Å². The van der Waals surface area contributed by atoms with Crippen molar-refractivity contribution in [3.05, 3.63) is 0 Å². The summed E-state index contributed by atoms with van der Waals surface area (Å²) >= 11 is 0. The molecule has 2 rings (SSSR count). The molecule has 0 aromatic carbocycles. The number of likely N-dealkylation sites (tertiary alicyclic amines) is 1. The van der Waals surface area contributed by atoms with E-state index in [1.165, 1.54) is 58.0 Å². The third kappa shape index (κ3) is 2.60. The van der Waals surface area contributed by atoms with Crippen LogP contribution in [0.5, 0.6) is 0 Å². The molecule has 16 heavy (non-hydrogen) atoms. The van der Waals surface area contributed by atoms with E-state index in [-0.39, 0.29) is 0 Å². The van der Waals surface area contributed by atoms with Gasteiger partial charge in [-0.1, -0.05) is 19.3 Å². The zero-order valence-electron chi connectivity index (χ0n) is 11.0. The first-order valence-electron chi connectivity index (χ1n) is 7.13. The normalized spacial score (nSPS) is 30.2. The van der Waals surface area contributed by atoms with Gasteiger partial charge in [-0.2, -0.15) is 0 Å². The zero-order chi connectivity index (χ0) is 11.6. The van der Waals surface area contributed by atoms with Crippen LogP contribution < -0.4 is 5.73 Å². The molecular weight excluding hydrogens is 196 g/mol. The van der Waals surface area contributed by atoms with E-state index in [1.54, 1.807) is 0 Å². The highest BCUT2D eigenvalue weighted by Gasteiger charge is 2.36. The minimum absolute atomic E-state index is 0.306. The molecule has 0 bridgehead atoms. The van der Waals surface area contributed by atoms with Crippen LogP contribution in [-0.4, -0.2) is 30.1 Å². The number of hydrogen-bond donors (Lipinski definition) is 1. The van der Waals surface area contributed by atoms with Crippen LogP contribution in [0.2, 0.25) is 0 Å². The summed E-state index contributed by atoms with van der Waals surface area (Å²) in [5, 5.41) is 0. The van der Waals surface area contributed by atoms with E-state index < -0.39 is 0 Å². The van der Waals surface area contributed by atoms with Gasteiger partial charge < -0.3 is 5.73 Å². The minimum Gasteiger partial charge on any atom is -0.327 e. The average molecular weight is 224 g/mol. The van der Waals surface area contributed by atoms with E-state index in [1.807, 2.05) is 0 Å². The summed E-state index contributed by atoms with van der Waals surface area (Å²) in [5.74, 6) is 0. The Kier molecular flexibility index (Phi) is 3.91. The molecule has 0 aromatic heterocycles. The first-order valence-corrected chi connectivity index (χ1v) is 7.13. The molecule has 0 amide bonds. The Hall–Kier alpha value is -0.0800. The van der Waals surface area contributed by atoms with Gasteiger partial charge in [0.05, 0.1) is 0 Å². The molecular formula is C14H28N2. The van der Waals surface area contributed by atoms with Gasteiger partial charge in [-0.05, 0) is 58.0 Å². The minimum atomic E-state index is 0.306. The molecule has 2 heteroatoms. The van der Waals surface area contributed by atoms with E-state index >= 15 is 0 Å². The fourth-order valence-electron chi connectivity index (χ4n) is 3.54. The van der Waals surface area contributed by atoms with Crippen molar-refractivity contribution in [1.29, 1.82) is 0 Å². The molecule has 1 saturated heterocycles. The van der Waals surface area contributed by atoms with Crippen molar-refractivity contribution in [2.45, 2.75) is 70.9 Å². The molecule has 2 N–H and O–H groups in total. The molecule has 1 saturated carbocycles. The average Bonchev–Trinajstić information content (AvgIpc) is 2.30. The summed E-state index contributed by atoms with van der Waals surface area (Å²) in [6, 6.07) is 0.862. The monoisotopic (exact) mass is 224 g/mol. The van der Waals surface area contributed by atoms with Gasteiger partial charge >= 0.3 is 0 Å². The van der Waals surface area contributed by atoms with Crippen molar-refractivity contribution >= 4 is 0 Å². The molecule has 0 aromatic rings. The van der Waals surface area contributed by atoms with Crippen LogP contribution >= 0.6 is 0 Å². The molecule has 0 radical (unpaired) electrons. The molecule has 2 aliphatic rings. The predicted molar refractivity (Wildman–Crippen MR) is 69.4 cm³/mol. The lowest BCUT2D eigenvalue weighted by Crippen LogP contribution is -2.50. The highest BCUT2D eigenvalue weighted by atomic mass is 15.2. The topological polar surface area (TPSA) is 29.3 Å². The van der Waals surface area contributed by atoms with Crippen molar-refractivity contribution in [1.82, 2.24) is 4.90 Å². The number of piperidine rings is 1. The van der Waals surface area contributed by atoms with E-state index in [4.69, 9.17) is 5.73 Å². The van der Waals surface area contributed by atoms with E-state index in [9.17, 15) is 0 Å². The van der Waals surface area contributed by atoms with Gasteiger partial charge in [-0.3, -0.25) is 4.90 Å². The van der Waals surface area contributed by atoms with Crippen molar-refractivity contribution < 1.29 is 0 Å². The van der Waals surface area contributed by atoms with Gasteiger partial charge in [0.25, 0.3) is 0 Å². The maximum Gasteiger partial charge on any atom is 0.0216 e. The number of nitrogens with zero attached hydrogens (tertiary/aromatic N) is 1. The van der Waals surface area contributed by atoms with Crippen LogP contribution in [0.1, 0.15) is 58.8 Å². The quantitative estimate of drug-likeness (QED) is 0.781. The van der Waals surface area contributed by atoms with Gasteiger partial charge in [-0.25, -0.2) is 0 Å². The Morgan fingerprint density at radius 3 is 2.00 bits per heavy atom. The lowest BCUT2D eigenvalue weighted by atomic mass is 9.68. The Morgan fingerprint density at radius 1 is 0.938 bits per heavy atom. The Balaban J connectivity index is 1.86. The Morgan fingerprint density at radius 2 is 1.50 bits per heavy atom. The van der Waals surface area contributed by atoms with Crippen LogP contribution in [0.3, 0.4) is 0 Å². The summed E-state index contributed by atoms with van der Waals surface area (Å²) in [5.41, 5.74) is 6.72. The SMILES string of the molecule is CC(N)C(C)N1CCC2(CCCCC2)CC1. The molecule has 1 heterocycles. The van der Waals surface area contributed by atoms with Crippen molar-refractivity contribution in [3.8, 4) is 0 Å². The molecule has 2 atom stereocenters. The summed E-state index contributed by atoms with van der Waals surface area (Å²) in [4.78, 5) is 2.60. The lowest BCUT2D eigenvalue weighted by Gasteiger charge is -2.46. The largest absolute Gasteiger partial charge is 0.327 e. The molecule has 1 aliphatic carbocycles. The fourth-order valence-corrected chi connectivity index (χ4v) is 3.54. The summed E-state index contributed by atoms with van der Waals surface area (Å²) in [6.07, 6.45) is 10.3. The van der Waals surface area contributed by atoms with E-state index in [0.29, 0.717) is 12.1 Å². The predicted octanol–water partition coefficient (Wildman–Crippen LogP) is 2.77. The molecule has 1 aliphatic heterocycles. The zero-order valence-corrected chi connectivity index (χ0v) is 11.0. The van der Waals surface area contributed by atoms with E-state index in [0.717, 1.165) is 5.41 Å². The molecule has 2 nitrogen and oxygen atoms in total. The second-order valence-electron chi connectivity index (χ2n) is 6.20. The smallest absolute Gasteiger partial charge is 0.0216 e. The summed E-state index contributed by atoms with van der Waals surface area (Å²) < 4.78 is 0. The first kappa shape index (κ1) is 12.4. The van der Waals surface area contributed by atoms with Gasteiger partial charge in [0.1, 0.15) is 0 Å². The number of nitrogens with two attached hydrogens (primary N) is 1. The second kappa shape index (κ2) is 5.05. The Bertz CT molecular complexity index is 209. The van der Waals surface area contributed by atoms with Gasteiger partial charge in [0.15, 0.2) is 0 Å². The maximum absolute atomic E-state index is 6.00. The standard InChI is InChI=1S/C14H28N2/c1-12(15)13(2)16-10-8-14(9-11-16)6-4-3-5-7-14/h12-13H,3-11,15H2,1-2H3. The number of rotatable bonds is 2. The van der Waals surface area contributed by atoms with Crippen molar-refractivity contribution in [2.24, 2.45) is 11.1 Å². The van der Waals surface area contributed by atoms with E-state index in [2.05, 4.69) is 18.7 Å². The highest BCUT2D eigenvalue weighted by Crippen LogP contribution is 2.44. The maximum atomic E-state index is 6.00. The molecule has 2 unspecified atom stereocenters. The number of hydrogen-bond acceptors (Lipinski definition) is 2. The third-order valence-corrected chi connectivity index (χ3v) is 5.11. The van der Waals surface area contributed by atoms with Crippen LogP contribution in [0.25, 0.3) is 0 Å². The fraction of sp³-hybridized carbons (Fsp3) is 1.00. The van der Waals surface area contributed by atoms with Crippen LogP contribution in [-0.2, 0) is 0 Å². The summed E-state index contributed by atoms with van der Waals surface area (Å²) in [7, 11) is 0. The second-order valence-corrected chi connectivity index (χ2v) is 6.20. The lowest BCUT2D eigenvalue weighted by molar-refractivity contribution is 0.0444. The molecule has 94 valence electrons. The first-order chi connectivity index (χ1) is 7.63. The third-order valence-electron chi connectivity index (χ3n) is 5.11. The van der Waals surface area contributed by atoms with Gasteiger partial charge in [0, 0.05) is 12.1 Å². The van der Waals surface area contributed by atoms with Crippen LogP contribution in [0.15, 0.2) is 0 Å². The van der Waals surface area contributed by atoms with Gasteiger partial charge in [-0.15, -0.1) is 0 Å². The Labute approximate surface area is 101 Å².